The molecule has 0 aliphatic carbocycles. The number of aliphatic carboxylic acids is 2. The molecule has 0 unspecified atom stereocenters. The van der Waals surface area contributed by atoms with Crippen molar-refractivity contribution >= 4 is 22.9 Å². The highest BCUT2D eigenvalue weighted by molar-refractivity contribution is 6.27. The Morgan fingerprint density at radius 3 is 2.02 bits per heavy atom. The number of hydrogen-bond donors (Lipinski definition) is 3. The van der Waals surface area contributed by atoms with Crippen molar-refractivity contribution in [3.05, 3.63) is 64.9 Å². The Morgan fingerprint density at radius 2 is 1.48 bits per heavy atom. The maximum atomic E-state index is 9.79. The molecule has 242 valence electrons. The van der Waals surface area contributed by atoms with Gasteiger partial charge in [-0.05, 0) is 74.3 Å². The first-order valence-corrected chi connectivity index (χ1v) is 15.6. The van der Waals surface area contributed by atoms with E-state index in [1.54, 1.807) is 0 Å². The number of unbranched alkanes of at least 4 members (excludes halogenated alkanes) is 3. The van der Waals surface area contributed by atoms with Crippen LogP contribution in [0.5, 0.6) is 5.75 Å². The summed E-state index contributed by atoms with van der Waals surface area (Å²) in [6.07, 6.45) is 7.75. The molecule has 44 heavy (non-hydrogen) atoms. The average molecular weight is 614 g/mol. The lowest BCUT2D eigenvalue weighted by atomic mass is 9.92. The predicted octanol–water partition coefficient (Wildman–Crippen LogP) is 5.95. The maximum Gasteiger partial charge on any atom is 0.414 e. The van der Waals surface area contributed by atoms with Crippen LogP contribution in [-0.2, 0) is 37.9 Å². The second-order valence-corrected chi connectivity index (χ2v) is 10.8. The van der Waals surface area contributed by atoms with Gasteiger partial charge in [0.25, 0.3) is 0 Å². The first kappa shape index (κ1) is 35.0. The maximum absolute atomic E-state index is 9.79. The first-order chi connectivity index (χ1) is 21.3. The number of benzene rings is 2. The second kappa shape index (κ2) is 17.8. The van der Waals surface area contributed by atoms with Gasteiger partial charge < -0.3 is 33.9 Å². The van der Waals surface area contributed by atoms with Crippen molar-refractivity contribution in [2.24, 2.45) is 0 Å². The molecule has 1 saturated heterocycles. The summed E-state index contributed by atoms with van der Waals surface area (Å²) >= 11 is 0. The lowest BCUT2D eigenvalue weighted by Crippen LogP contribution is -2.30. The SMILES string of the molecule is CCCCc1oc2ccc(CO)cc2c1C1(c2ccc(OCCN(CCCC)CCCC)cc2)OCCO1.O=C(O)C(=O)O. The van der Waals surface area contributed by atoms with Gasteiger partial charge in [-0.1, -0.05) is 46.1 Å². The van der Waals surface area contributed by atoms with Crippen LogP contribution in [0.4, 0.5) is 0 Å². The highest BCUT2D eigenvalue weighted by Crippen LogP contribution is 2.45. The van der Waals surface area contributed by atoms with Crippen molar-refractivity contribution in [1.82, 2.24) is 4.90 Å². The molecule has 1 fully saturated rings. The third-order valence-electron chi connectivity index (χ3n) is 7.54. The van der Waals surface area contributed by atoms with Crippen molar-refractivity contribution in [2.75, 3.05) is 39.5 Å². The number of furan rings is 1. The Hall–Kier alpha value is -3.44. The van der Waals surface area contributed by atoms with E-state index in [1.165, 1.54) is 25.7 Å². The molecule has 1 aliphatic heterocycles. The fraction of sp³-hybridized carbons (Fsp3) is 0.529. The van der Waals surface area contributed by atoms with E-state index in [0.717, 1.165) is 78.1 Å². The van der Waals surface area contributed by atoms with Gasteiger partial charge >= 0.3 is 11.9 Å². The molecule has 2 aromatic carbocycles. The molecule has 0 atom stereocenters. The fourth-order valence-corrected chi connectivity index (χ4v) is 5.20. The van der Waals surface area contributed by atoms with Crippen molar-refractivity contribution in [3.63, 3.8) is 0 Å². The predicted molar refractivity (Wildman–Crippen MR) is 167 cm³/mol. The van der Waals surface area contributed by atoms with Gasteiger partial charge in [-0.2, -0.15) is 0 Å². The number of fused-ring (bicyclic) bond motifs is 1. The molecular weight excluding hydrogens is 566 g/mol. The van der Waals surface area contributed by atoms with Gasteiger partial charge in [-0.15, -0.1) is 0 Å². The van der Waals surface area contributed by atoms with E-state index in [2.05, 4.69) is 25.7 Å². The van der Waals surface area contributed by atoms with Gasteiger partial charge in [0.15, 0.2) is 0 Å². The van der Waals surface area contributed by atoms with E-state index >= 15 is 0 Å². The second-order valence-electron chi connectivity index (χ2n) is 10.8. The smallest absolute Gasteiger partial charge is 0.414 e. The highest BCUT2D eigenvalue weighted by atomic mass is 16.7. The van der Waals surface area contributed by atoms with E-state index in [0.29, 0.717) is 19.8 Å². The van der Waals surface area contributed by atoms with Crippen molar-refractivity contribution < 1.29 is 43.5 Å². The van der Waals surface area contributed by atoms with E-state index in [-0.39, 0.29) is 6.61 Å². The number of nitrogens with zero attached hydrogens (tertiary/aromatic N) is 1. The molecule has 1 aromatic heterocycles. The zero-order chi connectivity index (χ0) is 32.0. The summed E-state index contributed by atoms with van der Waals surface area (Å²) in [5.74, 6) is -2.96. The Balaban J connectivity index is 0.000000801. The third kappa shape index (κ3) is 9.28. The van der Waals surface area contributed by atoms with Crippen LogP contribution in [0.3, 0.4) is 0 Å². The van der Waals surface area contributed by atoms with Crippen LogP contribution in [0, 0.1) is 0 Å². The van der Waals surface area contributed by atoms with E-state index in [4.69, 9.17) is 38.4 Å². The summed E-state index contributed by atoms with van der Waals surface area (Å²) < 4.78 is 25.3. The number of aliphatic hydroxyl groups is 1. The largest absolute Gasteiger partial charge is 0.492 e. The zero-order valence-corrected chi connectivity index (χ0v) is 26.2. The van der Waals surface area contributed by atoms with Crippen molar-refractivity contribution in [2.45, 2.75) is 78.1 Å². The summed E-state index contributed by atoms with van der Waals surface area (Å²) in [4.78, 5) is 20.7. The molecule has 0 spiro atoms. The number of aliphatic hydroxyl groups excluding tert-OH is 1. The van der Waals surface area contributed by atoms with Crippen LogP contribution in [-0.4, -0.2) is 71.6 Å². The summed E-state index contributed by atoms with van der Waals surface area (Å²) in [5.41, 5.74) is 3.47. The monoisotopic (exact) mass is 613 g/mol. The van der Waals surface area contributed by atoms with E-state index < -0.39 is 17.7 Å². The number of aryl methyl sites for hydroxylation is 1. The third-order valence-corrected chi connectivity index (χ3v) is 7.54. The number of ether oxygens (including phenoxy) is 3. The molecule has 3 N–H and O–H groups in total. The Kier molecular flexibility index (Phi) is 14.1. The van der Waals surface area contributed by atoms with E-state index in [1.807, 2.05) is 42.5 Å². The van der Waals surface area contributed by atoms with Gasteiger partial charge in [0.2, 0.25) is 5.79 Å². The van der Waals surface area contributed by atoms with Crippen LogP contribution in [0.2, 0.25) is 0 Å². The van der Waals surface area contributed by atoms with Gasteiger partial charge in [0.05, 0.1) is 25.4 Å². The van der Waals surface area contributed by atoms with Crippen LogP contribution in [0.25, 0.3) is 11.0 Å². The van der Waals surface area contributed by atoms with Gasteiger partial charge in [-0.3, -0.25) is 4.90 Å². The minimum atomic E-state index is -1.82. The number of carbonyl (C=O) groups is 2. The molecular formula is C34H47NO9. The van der Waals surface area contributed by atoms with Crippen LogP contribution in [0.1, 0.15) is 81.7 Å². The first-order valence-electron chi connectivity index (χ1n) is 15.6. The topological polar surface area (TPSA) is 139 Å². The summed E-state index contributed by atoms with van der Waals surface area (Å²) in [6, 6.07) is 14.0. The van der Waals surface area contributed by atoms with Gasteiger partial charge in [0, 0.05) is 23.9 Å². The van der Waals surface area contributed by atoms with Gasteiger partial charge in [0.1, 0.15) is 23.7 Å². The molecule has 0 amide bonds. The Bertz CT molecular complexity index is 1290. The Morgan fingerprint density at radius 1 is 0.864 bits per heavy atom. The standard InChI is InChI=1S/C32H45NO5.C2H2O4/c1-4-7-10-30-31(28-23-25(24-34)11-16-29(28)38-30)32(36-21-22-37-32)26-12-14-27(15-13-26)35-20-19-33(17-8-5-2)18-9-6-3;3-1(4)2(5)6/h11-16,23,34H,4-10,17-22,24H2,1-3H3;(H,3,4)(H,5,6). The molecule has 0 saturated carbocycles. The molecule has 10 nitrogen and oxygen atoms in total. The number of rotatable bonds is 16. The molecule has 1 aliphatic rings. The van der Waals surface area contributed by atoms with E-state index in [9.17, 15) is 5.11 Å². The number of carboxylic acid groups (broad SMARTS) is 2. The summed E-state index contributed by atoms with van der Waals surface area (Å²) in [6.45, 7) is 11.5. The van der Waals surface area contributed by atoms with Crippen LogP contribution < -0.4 is 4.74 Å². The molecule has 0 bridgehead atoms. The lowest BCUT2D eigenvalue weighted by molar-refractivity contribution is -0.159. The number of carboxylic acids is 2. The Labute approximate surface area is 259 Å². The molecule has 4 rings (SSSR count). The lowest BCUT2D eigenvalue weighted by Gasteiger charge is -2.29. The highest BCUT2D eigenvalue weighted by Gasteiger charge is 2.45. The molecule has 2 heterocycles. The normalized spacial score (nSPS) is 14.0. The van der Waals surface area contributed by atoms with Gasteiger partial charge in [-0.25, -0.2) is 9.59 Å². The molecule has 0 radical (unpaired) electrons. The number of hydrogen-bond acceptors (Lipinski definition) is 8. The minimum Gasteiger partial charge on any atom is -0.492 e. The van der Waals surface area contributed by atoms with Crippen molar-refractivity contribution in [1.29, 1.82) is 0 Å². The fourth-order valence-electron chi connectivity index (χ4n) is 5.20. The average Bonchev–Trinajstić information content (AvgIpc) is 3.66. The van der Waals surface area contributed by atoms with Crippen LogP contribution in [0.15, 0.2) is 46.9 Å². The quantitative estimate of drug-likeness (QED) is 0.166. The zero-order valence-electron chi connectivity index (χ0n) is 26.2. The summed E-state index contributed by atoms with van der Waals surface area (Å²) in [5, 5.41) is 25.5. The summed E-state index contributed by atoms with van der Waals surface area (Å²) in [7, 11) is 0. The molecule has 10 heteroatoms. The van der Waals surface area contributed by atoms with Crippen LogP contribution >= 0.6 is 0 Å². The molecule has 3 aromatic rings. The van der Waals surface area contributed by atoms with Crippen molar-refractivity contribution in [3.8, 4) is 5.75 Å². The minimum absolute atomic E-state index is 0.0279.